The Bertz CT molecular complexity index is 744. The van der Waals surface area contributed by atoms with Gasteiger partial charge in [-0.2, -0.15) is 0 Å². The van der Waals surface area contributed by atoms with Crippen LogP contribution in [0.3, 0.4) is 0 Å². The summed E-state index contributed by atoms with van der Waals surface area (Å²) in [7, 11) is 0. The number of rotatable bonds is 2. The van der Waals surface area contributed by atoms with Crippen LogP contribution in [-0.4, -0.2) is 43.0 Å². The van der Waals surface area contributed by atoms with Crippen LogP contribution in [0.15, 0.2) is 15.7 Å². The van der Waals surface area contributed by atoms with Crippen molar-refractivity contribution in [3.8, 4) is 11.8 Å². The highest BCUT2D eigenvalue weighted by molar-refractivity contribution is 6.27. The van der Waals surface area contributed by atoms with Crippen LogP contribution in [0.1, 0.15) is 25.8 Å². The van der Waals surface area contributed by atoms with Crippen molar-refractivity contribution in [2.45, 2.75) is 50.2 Å². The van der Waals surface area contributed by atoms with Gasteiger partial charge in [0.05, 0.1) is 6.10 Å². The minimum absolute atomic E-state index is 0.306. The molecule has 3 N–H and O–H groups in total. The molecule has 0 spiro atoms. The van der Waals surface area contributed by atoms with Crippen LogP contribution in [0, 0.1) is 18.8 Å². The molecule has 0 aromatic carbocycles. The van der Waals surface area contributed by atoms with Crippen molar-refractivity contribution in [3.05, 3.63) is 32.6 Å². The van der Waals surface area contributed by atoms with Crippen molar-refractivity contribution >= 4 is 11.6 Å². The Morgan fingerprint density at radius 2 is 2.18 bits per heavy atom. The molecule has 7 nitrogen and oxygen atoms in total. The van der Waals surface area contributed by atoms with E-state index in [0.717, 1.165) is 4.57 Å². The van der Waals surface area contributed by atoms with Gasteiger partial charge in [0.25, 0.3) is 5.56 Å². The maximum Gasteiger partial charge on any atom is 0.330 e. The summed E-state index contributed by atoms with van der Waals surface area (Å²) >= 11 is 6.43. The topological polar surface area (TPSA) is 105 Å². The zero-order valence-corrected chi connectivity index (χ0v) is 13.1. The van der Waals surface area contributed by atoms with E-state index in [4.69, 9.17) is 16.3 Å². The number of nitrogens with zero attached hydrogens (tertiary/aromatic N) is 1. The first-order valence-corrected chi connectivity index (χ1v) is 7.07. The van der Waals surface area contributed by atoms with E-state index >= 15 is 0 Å². The van der Waals surface area contributed by atoms with Crippen molar-refractivity contribution in [2.75, 3.05) is 0 Å². The SMILES string of the molecule is CC#CC1(Cl)[C@@H](O)[C@@H]([C@@H](C)O)O[C@H]1n1c(C)cc(=O)[nH]c1=O. The Hall–Kier alpha value is -1.59. The average molecular weight is 329 g/mol. The molecule has 1 aromatic rings. The van der Waals surface area contributed by atoms with Crippen LogP contribution >= 0.6 is 11.6 Å². The lowest BCUT2D eigenvalue weighted by molar-refractivity contribution is -0.0778. The van der Waals surface area contributed by atoms with E-state index in [2.05, 4.69) is 16.8 Å². The van der Waals surface area contributed by atoms with Gasteiger partial charge < -0.3 is 14.9 Å². The second-order valence-electron chi connectivity index (χ2n) is 5.23. The summed E-state index contributed by atoms with van der Waals surface area (Å²) in [5.41, 5.74) is -0.970. The molecule has 0 bridgehead atoms. The van der Waals surface area contributed by atoms with Gasteiger partial charge in [-0.05, 0) is 20.8 Å². The molecule has 0 radical (unpaired) electrons. The predicted molar refractivity (Wildman–Crippen MR) is 79.7 cm³/mol. The van der Waals surface area contributed by atoms with Crippen LogP contribution in [0.5, 0.6) is 0 Å². The summed E-state index contributed by atoms with van der Waals surface area (Å²) in [5.74, 6) is 5.25. The van der Waals surface area contributed by atoms with Crippen LogP contribution in [-0.2, 0) is 4.74 Å². The number of aryl methyl sites for hydroxylation is 1. The van der Waals surface area contributed by atoms with Gasteiger partial charge in [-0.25, -0.2) is 4.79 Å². The van der Waals surface area contributed by atoms with E-state index in [1.54, 1.807) is 6.92 Å². The molecule has 1 aliphatic rings. The number of H-pyrrole nitrogens is 1. The molecule has 1 unspecified atom stereocenters. The minimum Gasteiger partial charge on any atom is -0.391 e. The van der Waals surface area contributed by atoms with E-state index < -0.39 is 40.7 Å². The molecule has 0 saturated carbocycles. The lowest BCUT2D eigenvalue weighted by atomic mass is 9.96. The van der Waals surface area contributed by atoms with Gasteiger partial charge in [-0.1, -0.05) is 17.5 Å². The predicted octanol–water partition coefficient (Wildman–Crippen LogP) is -0.515. The lowest BCUT2D eigenvalue weighted by Gasteiger charge is -2.26. The summed E-state index contributed by atoms with van der Waals surface area (Å²) in [5, 5.41) is 20.1. The smallest absolute Gasteiger partial charge is 0.330 e. The van der Waals surface area contributed by atoms with Crippen molar-refractivity contribution in [3.63, 3.8) is 0 Å². The van der Waals surface area contributed by atoms with Crippen molar-refractivity contribution in [1.29, 1.82) is 0 Å². The van der Waals surface area contributed by atoms with Gasteiger partial charge in [0.2, 0.25) is 0 Å². The number of halogens is 1. The second-order valence-corrected chi connectivity index (χ2v) is 5.86. The van der Waals surface area contributed by atoms with Gasteiger partial charge in [0.15, 0.2) is 11.1 Å². The van der Waals surface area contributed by atoms with E-state index in [9.17, 15) is 19.8 Å². The van der Waals surface area contributed by atoms with Crippen molar-refractivity contribution < 1.29 is 14.9 Å². The monoisotopic (exact) mass is 328 g/mol. The van der Waals surface area contributed by atoms with Crippen LogP contribution in [0.2, 0.25) is 0 Å². The number of hydrogen-bond acceptors (Lipinski definition) is 5. The molecule has 120 valence electrons. The van der Waals surface area contributed by atoms with E-state index in [1.165, 1.54) is 19.9 Å². The third-order valence-corrected chi connectivity index (χ3v) is 4.09. The summed E-state index contributed by atoms with van der Waals surface area (Å²) in [6.45, 7) is 4.51. The Kier molecular flexibility index (Phi) is 4.49. The Balaban J connectivity index is 2.64. The zero-order valence-electron chi connectivity index (χ0n) is 12.3. The second kappa shape index (κ2) is 5.89. The first kappa shape index (κ1) is 16.8. The van der Waals surface area contributed by atoms with Crippen molar-refractivity contribution in [1.82, 2.24) is 9.55 Å². The number of hydrogen-bond donors (Lipinski definition) is 3. The molecule has 0 amide bonds. The minimum atomic E-state index is -1.62. The highest BCUT2D eigenvalue weighted by Crippen LogP contribution is 2.43. The van der Waals surface area contributed by atoms with Crippen LogP contribution < -0.4 is 11.2 Å². The molecule has 0 aliphatic carbocycles. The number of aromatic nitrogens is 2. The van der Waals surface area contributed by atoms with Gasteiger partial charge in [0, 0.05) is 11.8 Å². The highest BCUT2D eigenvalue weighted by Gasteiger charge is 2.57. The molecule has 1 saturated heterocycles. The Morgan fingerprint density at radius 3 is 2.68 bits per heavy atom. The number of aliphatic hydroxyl groups excluding tert-OH is 2. The molecule has 1 aromatic heterocycles. The summed E-state index contributed by atoms with van der Waals surface area (Å²) in [6, 6.07) is 1.21. The summed E-state index contributed by atoms with van der Waals surface area (Å²) < 4.78 is 6.71. The maximum atomic E-state index is 12.1. The maximum absolute atomic E-state index is 12.1. The highest BCUT2D eigenvalue weighted by atomic mass is 35.5. The number of aliphatic hydroxyl groups is 2. The normalized spacial score (nSPS) is 32.4. The lowest BCUT2D eigenvalue weighted by Crippen LogP contribution is -2.45. The van der Waals surface area contributed by atoms with E-state index in [-0.39, 0.29) is 0 Å². The molecule has 8 heteroatoms. The standard InChI is InChI=1S/C14H17ClN2O5/c1-4-5-14(15)11(20)10(8(3)18)22-12(14)17-7(2)6-9(19)16-13(17)21/h6,8,10-12,18,20H,1-3H3,(H,16,19,21)/t8-,10-,11+,12-,14?/m1/s1. The van der Waals surface area contributed by atoms with Gasteiger partial charge in [-0.15, -0.1) is 5.92 Å². The number of nitrogens with one attached hydrogen (secondary N) is 1. The van der Waals surface area contributed by atoms with Crippen molar-refractivity contribution in [2.24, 2.45) is 0 Å². The fourth-order valence-electron chi connectivity index (χ4n) is 2.57. The largest absolute Gasteiger partial charge is 0.391 e. The summed E-state index contributed by atoms with van der Waals surface area (Å²) in [6.07, 6.45) is -4.50. The Morgan fingerprint density at radius 1 is 1.55 bits per heavy atom. The Labute approximate surface area is 131 Å². The molecular weight excluding hydrogens is 312 g/mol. The zero-order chi connectivity index (χ0) is 16.7. The van der Waals surface area contributed by atoms with E-state index in [1.807, 2.05) is 0 Å². The van der Waals surface area contributed by atoms with Crippen LogP contribution in [0.25, 0.3) is 0 Å². The fourth-order valence-corrected chi connectivity index (χ4v) is 2.94. The summed E-state index contributed by atoms with van der Waals surface area (Å²) in [4.78, 5) is 23.9. The quantitative estimate of drug-likeness (QED) is 0.501. The first-order valence-electron chi connectivity index (χ1n) is 6.69. The van der Waals surface area contributed by atoms with Gasteiger partial charge >= 0.3 is 5.69 Å². The fraction of sp³-hybridized carbons (Fsp3) is 0.571. The molecular formula is C14H17ClN2O5. The molecule has 2 rings (SSSR count). The number of ether oxygens (including phenoxy) is 1. The van der Waals surface area contributed by atoms with Crippen LogP contribution in [0.4, 0.5) is 0 Å². The first-order chi connectivity index (χ1) is 10.2. The van der Waals surface area contributed by atoms with E-state index in [0.29, 0.717) is 5.69 Å². The molecule has 22 heavy (non-hydrogen) atoms. The molecule has 1 aliphatic heterocycles. The number of alkyl halides is 1. The average Bonchev–Trinajstić information content (AvgIpc) is 2.63. The number of aromatic amines is 1. The molecule has 1 fully saturated rings. The molecule has 5 atom stereocenters. The van der Waals surface area contributed by atoms with Gasteiger partial charge in [-0.3, -0.25) is 14.3 Å². The third kappa shape index (κ3) is 2.59. The van der Waals surface area contributed by atoms with Gasteiger partial charge in [0.1, 0.15) is 12.2 Å². The third-order valence-electron chi connectivity index (χ3n) is 3.58. The molecule has 2 heterocycles.